The molecule has 2 aliphatic heterocycles. The van der Waals surface area contributed by atoms with Crippen LogP contribution in [0.25, 0.3) is 11.0 Å². The zero-order valence-corrected chi connectivity index (χ0v) is 24.3. The predicted molar refractivity (Wildman–Crippen MR) is 160 cm³/mol. The molecule has 1 spiro atoms. The highest BCUT2D eigenvalue weighted by molar-refractivity contribution is 5.97. The monoisotopic (exact) mass is 589 g/mol. The van der Waals surface area contributed by atoms with E-state index in [1.807, 2.05) is 26.0 Å². The molecule has 4 aromatic rings. The van der Waals surface area contributed by atoms with Gasteiger partial charge in [-0.15, -0.1) is 0 Å². The van der Waals surface area contributed by atoms with E-state index < -0.39 is 11.7 Å². The Kier molecular flexibility index (Phi) is 7.89. The van der Waals surface area contributed by atoms with Gasteiger partial charge in [-0.3, -0.25) is 9.69 Å². The van der Waals surface area contributed by atoms with E-state index in [1.54, 1.807) is 6.20 Å². The molecule has 1 atom stereocenters. The number of aliphatic hydroxyl groups excluding tert-OH is 1. The van der Waals surface area contributed by atoms with Crippen molar-refractivity contribution >= 4 is 22.8 Å². The highest BCUT2D eigenvalue weighted by Gasteiger charge is 2.44. The number of nitrogens with one attached hydrogen (secondary N) is 2. The Morgan fingerprint density at radius 1 is 1.12 bits per heavy atom. The van der Waals surface area contributed by atoms with Crippen LogP contribution in [0.2, 0.25) is 0 Å². The maximum absolute atomic E-state index is 14.3. The molecular formula is C31H36FN7O4. The summed E-state index contributed by atoms with van der Waals surface area (Å²) in [7, 11) is 0. The van der Waals surface area contributed by atoms with Gasteiger partial charge in [0.2, 0.25) is 0 Å². The average molecular weight is 590 g/mol. The van der Waals surface area contributed by atoms with Crippen LogP contribution < -0.4 is 15.3 Å². The first-order chi connectivity index (χ1) is 20.7. The smallest absolute Gasteiger partial charge is 0.323 e. The fourth-order valence-electron chi connectivity index (χ4n) is 6.40. The molecule has 0 radical (unpaired) electrons. The molecule has 0 aliphatic carbocycles. The number of hydrogen-bond acceptors (Lipinski definition) is 8. The molecule has 226 valence electrons. The lowest BCUT2D eigenvalue weighted by atomic mass is 9.86. The third-order valence-corrected chi connectivity index (χ3v) is 8.52. The van der Waals surface area contributed by atoms with Crippen LogP contribution in [-0.4, -0.2) is 86.1 Å². The number of H-pyrrole nitrogens is 2. The minimum absolute atomic E-state index is 0.0724. The Labute approximate surface area is 248 Å². The summed E-state index contributed by atoms with van der Waals surface area (Å²) in [5.41, 5.74) is 2.75. The number of aliphatic hydroxyl groups is 1. The fraction of sp³-hybridized carbons (Fsp3) is 0.419. The second-order valence-corrected chi connectivity index (χ2v) is 11.9. The molecular weight excluding hydrogens is 553 g/mol. The number of hydrogen-bond donors (Lipinski definition) is 3. The number of ether oxygens (including phenoxy) is 1. The lowest BCUT2D eigenvalue weighted by Gasteiger charge is -2.27. The zero-order valence-electron chi connectivity index (χ0n) is 24.3. The Morgan fingerprint density at radius 2 is 1.93 bits per heavy atom. The lowest BCUT2D eigenvalue weighted by Crippen LogP contribution is -2.39. The number of rotatable bonds is 9. The molecule has 6 rings (SSSR count). The van der Waals surface area contributed by atoms with Gasteiger partial charge in [0.25, 0.3) is 5.91 Å². The van der Waals surface area contributed by atoms with Gasteiger partial charge in [0.1, 0.15) is 17.9 Å². The van der Waals surface area contributed by atoms with Crippen LogP contribution >= 0.6 is 0 Å². The van der Waals surface area contributed by atoms with Crippen molar-refractivity contribution in [1.82, 2.24) is 29.7 Å². The van der Waals surface area contributed by atoms with E-state index >= 15 is 0 Å². The number of benzene rings is 2. The van der Waals surface area contributed by atoms with E-state index in [0.717, 1.165) is 68.2 Å². The lowest BCUT2D eigenvalue weighted by molar-refractivity contribution is 0.0662. The molecule has 2 fully saturated rings. The Bertz CT molecular complexity index is 1690. The minimum Gasteiger partial charge on any atom is -0.451 e. The number of halogens is 1. The number of imidazole rings is 1. The van der Waals surface area contributed by atoms with Crippen LogP contribution in [0.1, 0.15) is 42.6 Å². The number of aromatic amines is 2. The molecule has 3 N–H and O–H groups in total. The number of likely N-dealkylation sites (tertiary alicyclic amines) is 1. The van der Waals surface area contributed by atoms with Crippen LogP contribution in [-0.2, 0) is 6.54 Å². The van der Waals surface area contributed by atoms with Gasteiger partial charge >= 0.3 is 5.69 Å². The highest BCUT2D eigenvalue weighted by atomic mass is 19.1. The molecule has 0 bridgehead atoms. The van der Waals surface area contributed by atoms with E-state index in [9.17, 15) is 19.1 Å². The molecule has 43 heavy (non-hydrogen) atoms. The van der Waals surface area contributed by atoms with Gasteiger partial charge < -0.3 is 29.6 Å². The second-order valence-electron chi connectivity index (χ2n) is 11.9. The van der Waals surface area contributed by atoms with Crippen molar-refractivity contribution in [2.45, 2.75) is 39.3 Å². The molecule has 1 unspecified atom stereocenters. The van der Waals surface area contributed by atoms with Gasteiger partial charge in [0.15, 0.2) is 11.6 Å². The normalized spacial score (nSPS) is 18.8. The molecule has 2 aliphatic rings. The Morgan fingerprint density at radius 3 is 2.74 bits per heavy atom. The molecule has 12 heteroatoms. The van der Waals surface area contributed by atoms with Crippen molar-refractivity contribution < 1.29 is 19.0 Å². The van der Waals surface area contributed by atoms with Gasteiger partial charge in [-0.25, -0.2) is 19.2 Å². The first kappa shape index (κ1) is 28.8. The van der Waals surface area contributed by atoms with Crippen molar-refractivity contribution in [2.75, 3.05) is 44.2 Å². The fourth-order valence-corrected chi connectivity index (χ4v) is 6.40. The molecule has 1 amide bonds. The zero-order chi connectivity index (χ0) is 30.1. The predicted octanol–water partition coefficient (Wildman–Crippen LogP) is 3.52. The van der Waals surface area contributed by atoms with Crippen LogP contribution in [0.3, 0.4) is 0 Å². The average Bonchev–Trinajstić information content (AvgIpc) is 3.70. The van der Waals surface area contributed by atoms with Crippen LogP contribution in [0.15, 0.2) is 53.7 Å². The standard InChI is InChI=1S/C31H36FN7O4/c1-20(2)39(11-12-40)29(41)23-14-22(32)4-6-26(23)43-27-15-33-19-34-28(27)38-10-8-31(18-38)7-9-37(17-31)16-21-3-5-24-25(13-21)36-30(42)35-24/h3-6,13-15,19-20,40H,7-12,16-18H2,1-2H3,(H2,35,36,42). The molecule has 2 saturated heterocycles. The summed E-state index contributed by atoms with van der Waals surface area (Å²) in [6.45, 7) is 7.92. The Balaban J connectivity index is 1.17. The maximum atomic E-state index is 14.3. The molecule has 0 saturated carbocycles. The van der Waals surface area contributed by atoms with E-state index in [0.29, 0.717) is 11.6 Å². The molecule has 2 aromatic heterocycles. The number of nitrogens with zero attached hydrogens (tertiary/aromatic N) is 5. The summed E-state index contributed by atoms with van der Waals surface area (Å²) >= 11 is 0. The van der Waals surface area contributed by atoms with Crippen LogP contribution in [0, 0.1) is 11.2 Å². The summed E-state index contributed by atoms with van der Waals surface area (Å²) in [4.78, 5) is 45.5. The summed E-state index contributed by atoms with van der Waals surface area (Å²) in [5.74, 6) is 0.243. The number of carbonyl (C=O) groups is 1. The minimum atomic E-state index is -0.554. The first-order valence-corrected chi connectivity index (χ1v) is 14.6. The summed E-state index contributed by atoms with van der Waals surface area (Å²) in [5, 5.41) is 9.48. The maximum Gasteiger partial charge on any atom is 0.323 e. The van der Waals surface area contributed by atoms with Crippen LogP contribution in [0.5, 0.6) is 11.5 Å². The summed E-state index contributed by atoms with van der Waals surface area (Å²) in [6, 6.07) is 9.69. The number of aromatic nitrogens is 4. The third kappa shape index (κ3) is 5.98. The molecule has 2 aromatic carbocycles. The van der Waals surface area contributed by atoms with Gasteiger partial charge in [0, 0.05) is 44.2 Å². The largest absolute Gasteiger partial charge is 0.451 e. The first-order valence-electron chi connectivity index (χ1n) is 14.6. The topological polar surface area (TPSA) is 131 Å². The summed E-state index contributed by atoms with van der Waals surface area (Å²) in [6.07, 6.45) is 5.11. The molecule has 11 nitrogen and oxygen atoms in total. The highest BCUT2D eigenvalue weighted by Crippen LogP contribution is 2.43. The van der Waals surface area contributed by atoms with Gasteiger partial charge in [-0.2, -0.15) is 0 Å². The van der Waals surface area contributed by atoms with Crippen molar-refractivity contribution in [1.29, 1.82) is 0 Å². The van der Waals surface area contributed by atoms with Gasteiger partial charge in [0.05, 0.1) is 29.4 Å². The van der Waals surface area contributed by atoms with E-state index in [1.165, 1.54) is 23.4 Å². The van der Waals surface area contributed by atoms with Gasteiger partial charge in [-0.1, -0.05) is 6.07 Å². The van der Waals surface area contributed by atoms with Crippen LogP contribution in [0.4, 0.5) is 10.2 Å². The number of anilines is 1. The number of amides is 1. The van der Waals surface area contributed by atoms with E-state index in [-0.39, 0.29) is 41.6 Å². The third-order valence-electron chi connectivity index (χ3n) is 8.52. The molecule has 4 heterocycles. The van der Waals surface area contributed by atoms with Crippen molar-refractivity contribution in [3.8, 4) is 11.5 Å². The quantitative estimate of drug-likeness (QED) is 0.270. The number of carbonyl (C=O) groups excluding carboxylic acids is 1. The van der Waals surface area contributed by atoms with Crippen molar-refractivity contribution in [3.05, 3.63) is 76.4 Å². The van der Waals surface area contributed by atoms with E-state index in [2.05, 4.69) is 35.8 Å². The van der Waals surface area contributed by atoms with Gasteiger partial charge in [-0.05, 0) is 69.1 Å². The Hall–Kier alpha value is -4.29. The number of fused-ring (bicyclic) bond motifs is 1. The van der Waals surface area contributed by atoms with Crippen molar-refractivity contribution in [2.24, 2.45) is 5.41 Å². The SMILES string of the molecule is CC(C)N(CCO)C(=O)c1cc(F)ccc1Oc1cncnc1N1CCC2(CCN(Cc3ccc4[nH]c(=O)[nH]c4c3)C2)C1. The second kappa shape index (κ2) is 11.8. The van der Waals surface area contributed by atoms with E-state index in [4.69, 9.17) is 4.74 Å². The summed E-state index contributed by atoms with van der Waals surface area (Å²) < 4.78 is 20.5. The van der Waals surface area contributed by atoms with Crippen molar-refractivity contribution in [3.63, 3.8) is 0 Å².